The number of halogens is 1. The Morgan fingerprint density at radius 3 is 2.29 bits per heavy atom. The highest BCUT2D eigenvalue weighted by Crippen LogP contribution is 2.18. The zero-order chi connectivity index (χ0) is 12.4. The van der Waals surface area contributed by atoms with Crippen LogP contribution in [0.25, 0.3) is 0 Å². The van der Waals surface area contributed by atoms with Crippen molar-refractivity contribution in [3.8, 4) is 0 Å². The van der Waals surface area contributed by atoms with Crippen molar-refractivity contribution in [1.82, 2.24) is 0 Å². The molecule has 0 amide bonds. The zero-order valence-electron chi connectivity index (χ0n) is 9.83. The average molecular weight is 289 g/mol. The molecule has 17 heavy (non-hydrogen) atoms. The maximum Gasteiger partial charge on any atom is 0.193 e. The molecule has 0 aliphatic carbocycles. The van der Waals surface area contributed by atoms with E-state index in [4.69, 9.17) is 0 Å². The Morgan fingerprint density at radius 1 is 0.941 bits per heavy atom. The first-order chi connectivity index (χ1) is 8.06. The Labute approximate surface area is 110 Å². The summed E-state index contributed by atoms with van der Waals surface area (Å²) in [4.78, 5) is 12.3. The van der Waals surface area contributed by atoms with E-state index in [1.165, 1.54) is 0 Å². The molecule has 86 valence electrons. The van der Waals surface area contributed by atoms with E-state index < -0.39 is 0 Å². The van der Waals surface area contributed by atoms with Crippen molar-refractivity contribution in [2.45, 2.75) is 13.8 Å². The third-order valence-electron chi connectivity index (χ3n) is 2.58. The molecule has 0 fully saturated rings. The van der Waals surface area contributed by atoms with E-state index in [0.29, 0.717) is 0 Å². The fourth-order valence-electron chi connectivity index (χ4n) is 1.82. The monoisotopic (exact) mass is 288 g/mol. The van der Waals surface area contributed by atoms with E-state index in [-0.39, 0.29) is 5.78 Å². The molecule has 0 aliphatic heterocycles. The topological polar surface area (TPSA) is 17.1 Å². The molecule has 0 radical (unpaired) electrons. The number of rotatable bonds is 2. The first kappa shape index (κ1) is 12.1. The first-order valence-electron chi connectivity index (χ1n) is 5.45. The standard InChI is InChI=1S/C15H13BrO/c1-10-4-3-5-12(6-10)15(17)13-7-11(2)8-14(16)9-13/h3-9H,1-2H3. The minimum atomic E-state index is 0.0677. The van der Waals surface area contributed by atoms with Gasteiger partial charge in [0.15, 0.2) is 5.78 Å². The normalized spacial score (nSPS) is 10.3. The molecule has 0 aromatic heterocycles. The summed E-state index contributed by atoms with van der Waals surface area (Å²) in [6.45, 7) is 3.97. The van der Waals surface area contributed by atoms with Crippen LogP contribution in [0.3, 0.4) is 0 Å². The molecule has 0 spiro atoms. The molecular formula is C15H13BrO. The van der Waals surface area contributed by atoms with Crippen molar-refractivity contribution in [2.24, 2.45) is 0 Å². The average Bonchev–Trinajstić information content (AvgIpc) is 2.26. The number of aryl methyl sites for hydroxylation is 2. The second-order valence-corrected chi connectivity index (χ2v) is 5.13. The van der Waals surface area contributed by atoms with Crippen LogP contribution in [-0.4, -0.2) is 5.78 Å². The largest absolute Gasteiger partial charge is 0.289 e. The van der Waals surface area contributed by atoms with E-state index >= 15 is 0 Å². The van der Waals surface area contributed by atoms with Gasteiger partial charge in [-0.15, -0.1) is 0 Å². The van der Waals surface area contributed by atoms with Crippen LogP contribution in [0.15, 0.2) is 46.9 Å². The minimum absolute atomic E-state index is 0.0677. The van der Waals surface area contributed by atoms with Crippen molar-refractivity contribution in [1.29, 1.82) is 0 Å². The summed E-state index contributed by atoms with van der Waals surface area (Å²) in [5.74, 6) is 0.0677. The number of carbonyl (C=O) groups excluding carboxylic acids is 1. The molecule has 1 nitrogen and oxygen atoms in total. The molecule has 2 aromatic carbocycles. The van der Waals surface area contributed by atoms with Crippen LogP contribution in [0.5, 0.6) is 0 Å². The quantitative estimate of drug-likeness (QED) is 0.753. The maximum atomic E-state index is 12.3. The highest BCUT2D eigenvalue weighted by molar-refractivity contribution is 9.10. The maximum absolute atomic E-state index is 12.3. The Morgan fingerprint density at radius 2 is 1.65 bits per heavy atom. The Bertz CT molecular complexity index is 553. The van der Waals surface area contributed by atoms with E-state index in [1.54, 1.807) is 0 Å². The van der Waals surface area contributed by atoms with E-state index in [0.717, 1.165) is 26.7 Å². The molecule has 0 atom stereocenters. The SMILES string of the molecule is Cc1cccc(C(=O)c2cc(C)cc(Br)c2)c1. The Kier molecular flexibility index (Phi) is 3.43. The van der Waals surface area contributed by atoms with Crippen LogP contribution in [-0.2, 0) is 0 Å². The summed E-state index contributed by atoms with van der Waals surface area (Å²) in [6, 6.07) is 13.4. The number of ketones is 1. The van der Waals surface area contributed by atoms with Gasteiger partial charge >= 0.3 is 0 Å². The summed E-state index contributed by atoms with van der Waals surface area (Å²) in [5, 5.41) is 0. The molecule has 0 saturated heterocycles. The summed E-state index contributed by atoms with van der Waals surface area (Å²) in [6.07, 6.45) is 0. The lowest BCUT2D eigenvalue weighted by molar-refractivity contribution is 0.103. The summed E-state index contributed by atoms with van der Waals surface area (Å²) >= 11 is 3.42. The number of hydrogen-bond donors (Lipinski definition) is 0. The number of hydrogen-bond acceptors (Lipinski definition) is 1. The molecule has 2 heteroatoms. The van der Waals surface area contributed by atoms with Crippen LogP contribution >= 0.6 is 15.9 Å². The van der Waals surface area contributed by atoms with Crippen molar-refractivity contribution in [3.63, 3.8) is 0 Å². The minimum Gasteiger partial charge on any atom is -0.289 e. The van der Waals surface area contributed by atoms with Crippen LogP contribution in [0, 0.1) is 13.8 Å². The third kappa shape index (κ3) is 2.83. The number of benzene rings is 2. The summed E-state index contributed by atoms with van der Waals surface area (Å²) < 4.78 is 0.938. The van der Waals surface area contributed by atoms with Gasteiger partial charge in [0, 0.05) is 15.6 Å². The van der Waals surface area contributed by atoms with E-state index in [1.807, 2.05) is 56.3 Å². The van der Waals surface area contributed by atoms with Crippen molar-refractivity contribution in [3.05, 3.63) is 69.2 Å². The van der Waals surface area contributed by atoms with E-state index in [9.17, 15) is 4.79 Å². The van der Waals surface area contributed by atoms with Gasteiger partial charge in [-0.2, -0.15) is 0 Å². The molecule has 0 N–H and O–H groups in total. The van der Waals surface area contributed by atoms with Gasteiger partial charge in [-0.1, -0.05) is 39.7 Å². The third-order valence-corrected chi connectivity index (χ3v) is 3.04. The molecule has 0 bridgehead atoms. The molecule has 0 aliphatic rings. The molecule has 2 aromatic rings. The second-order valence-electron chi connectivity index (χ2n) is 4.22. The van der Waals surface area contributed by atoms with Gasteiger partial charge < -0.3 is 0 Å². The molecule has 0 saturated carbocycles. The Balaban J connectivity index is 2.43. The lowest BCUT2D eigenvalue weighted by atomic mass is 10.0. The number of carbonyl (C=O) groups is 1. The van der Waals surface area contributed by atoms with Gasteiger partial charge in [0.05, 0.1) is 0 Å². The first-order valence-corrected chi connectivity index (χ1v) is 6.24. The Hall–Kier alpha value is -1.41. The summed E-state index contributed by atoms with van der Waals surface area (Å²) in [7, 11) is 0. The molecule has 2 rings (SSSR count). The van der Waals surface area contributed by atoms with Crippen molar-refractivity contribution >= 4 is 21.7 Å². The highest BCUT2D eigenvalue weighted by Gasteiger charge is 2.09. The predicted octanol–water partition coefficient (Wildman–Crippen LogP) is 4.30. The van der Waals surface area contributed by atoms with Crippen LogP contribution in [0.1, 0.15) is 27.0 Å². The molecule has 0 heterocycles. The van der Waals surface area contributed by atoms with Crippen molar-refractivity contribution < 1.29 is 4.79 Å². The van der Waals surface area contributed by atoms with Crippen LogP contribution in [0.4, 0.5) is 0 Å². The van der Waals surface area contributed by atoms with Gasteiger partial charge in [-0.05, 0) is 43.7 Å². The van der Waals surface area contributed by atoms with Crippen LogP contribution < -0.4 is 0 Å². The molecular weight excluding hydrogens is 276 g/mol. The van der Waals surface area contributed by atoms with Gasteiger partial charge in [0.1, 0.15) is 0 Å². The van der Waals surface area contributed by atoms with Crippen molar-refractivity contribution in [2.75, 3.05) is 0 Å². The van der Waals surface area contributed by atoms with Gasteiger partial charge in [0.2, 0.25) is 0 Å². The lowest BCUT2D eigenvalue weighted by Gasteiger charge is -2.04. The summed E-state index contributed by atoms with van der Waals surface area (Å²) in [5.41, 5.74) is 3.64. The fourth-order valence-corrected chi connectivity index (χ4v) is 2.43. The fraction of sp³-hybridized carbons (Fsp3) is 0.133. The van der Waals surface area contributed by atoms with Gasteiger partial charge in [0.25, 0.3) is 0 Å². The van der Waals surface area contributed by atoms with Gasteiger partial charge in [-0.25, -0.2) is 0 Å². The highest BCUT2D eigenvalue weighted by atomic mass is 79.9. The second kappa shape index (κ2) is 4.84. The zero-order valence-corrected chi connectivity index (χ0v) is 11.4. The predicted molar refractivity (Wildman–Crippen MR) is 73.5 cm³/mol. The lowest BCUT2D eigenvalue weighted by Crippen LogP contribution is -2.01. The van der Waals surface area contributed by atoms with Gasteiger partial charge in [-0.3, -0.25) is 4.79 Å². The smallest absolute Gasteiger partial charge is 0.193 e. The van der Waals surface area contributed by atoms with Crippen LogP contribution in [0.2, 0.25) is 0 Å². The molecule has 0 unspecified atom stereocenters. The van der Waals surface area contributed by atoms with E-state index in [2.05, 4.69) is 15.9 Å².